The van der Waals surface area contributed by atoms with Crippen LogP contribution in [-0.2, 0) is 0 Å². The van der Waals surface area contributed by atoms with Crippen LogP contribution in [-0.4, -0.2) is 24.3 Å². The highest BCUT2D eigenvalue weighted by atomic mass is 16.3. The zero-order chi connectivity index (χ0) is 12.9. The molecule has 0 aromatic rings. The molecule has 0 aromatic heterocycles. The number of hydrogen-bond donors (Lipinski definition) is 2. The maximum atomic E-state index is 9.00. The monoisotopic (exact) mass is 241 g/mol. The van der Waals surface area contributed by atoms with Gasteiger partial charge in [0.2, 0.25) is 0 Å². The number of aliphatic hydroxyl groups is 1. The van der Waals surface area contributed by atoms with Gasteiger partial charge in [-0.3, -0.25) is 0 Å². The third-order valence-electron chi connectivity index (χ3n) is 4.81. The number of aliphatic hydroxyl groups excluding tert-OH is 1. The first-order valence-corrected chi connectivity index (χ1v) is 7.33. The van der Waals surface area contributed by atoms with Crippen LogP contribution >= 0.6 is 0 Å². The molecule has 0 heterocycles. The molecule has 0 saturated heterocycles. The summed E-state index contributed by atoms with van der Waals surface area (Å²) in [5, 5.41) is 12.6. The second-order valence-electron chi connectivity index (χ2n) is 6.59. The van der Waals surface area contributed by atoms with E-state index < -0.39 is 0 Å². The van der Waals surface area contributed by atoms with Crippen LogP contribution < -0.4 is 5.32 Å². The van der Waals surface area contributed by atoms with Gasteiger partial charge < -0.3 is 10.4 Å². The van der Waals surface area contributed by atoms with Crippen molar-refractivity contribution in [3.8, 4) is 0 Å². The van der Waals surface area contributed by atoms with Gasteiger partial charge in [0, 0.05) is 19.2 Å². The molecule has 17 heavy (non-hydrogen) atoms. The Hall–Kier alpha value is -0.0800. The summed E-state index contributed by atoms with van der Waals surface area (Å²) in [6.45, 7) is 10.5. The topological polar surface area (TPSA) is 32.3 Å². The second kappa shape index (κ2) is 6.75. The second-order valence-corrected chi connectivity index (χ2v) is 6.59. The van der Waals surface area contributed by atoms with Gasteiger partial charge in [0.05, 0.1) is 0 Å². The number of rotatable bonds is 6. The van der Waals surface area contributed by atoms with E-state index in [2.05, 4.69) is 33.0 Å². The summed E-state index contributed by atoms with van der Waals surface area (Å²) in [6.07, 6.45) is 6.65. The van der Waals surface area contributed by atoms with E-state index in [4.69, 9.17) is 5.11 Å². The van der Waals surface area contributed by atoms with Crippen LogP contribution in [0.1, 0.15) is 59.8 Å². The molecule has 102 valence electrons. The SMILES string of the molecule is CCC(C)(C)C1CCC(NCC(C)CO)CC1. The van der Waals surface area contributed by atoms with Crippen molar-refractivity contribution in [3.63, 3.8) is 0 Å². The fraction of sp³-hybridized carbons (Fsp3) is 1.00. The lowest BCUT2D eigenvalue weighted by Crippen LogP contribution is -2.39. The van der Waals surface area contributed by atoms with Crippen LogP contribution in [0.2, 0.25) is 0 Å². The predicted molar refractivity (Wildman–Crippen MR) is 74.1 cm³/mol. The zero-order valence-electron chi connectivity index (χ0n) is 12.1. The van der Waals surface area contributed by atoms with Crippen molar-refractivity contribution in [1.82, 2.24) is 5.32 Å². The molecule has 0 bridgehead atoms. The third kappa shape index (κ3) is 4.59. The fourth-order valence-electron chi connectivity index (χ4n) is 2.80. The van der Waals surface area contributed by atoms with Gasteiger partial charge in [-0.15, -0.1) is 0 Å². The Morgan fingerprint density at radius 1 is 1.24 bits per heavy atom. The van der Waals surface area contributed by atoms with Gasteiger partial charge in [-0.25, -0.2) is 0 Å². The molecule has 2 N–H and O–H groups in total. The quantitative estimate of drug-likeness (QED) is 0.748. The maximum Gasteiger partial charge on any atom is 0.0468 e. The van der Waals surface area contributed by atoms with Crippen molar-refractivity contribution in [2.45, 2.75) is 65.8 Å². The summed E-state index contributed by atoms with van der Waals surface area (Å²) in [5.74, 6) is 1.29. The molecule has 0 radical (unpaired) electrons. The Labute approximate surface area is 107 Å². The van der Waals surface area contributed by atoms with Crippen molar-refractivity contribution < 1.29 is 5.11 Å². The molecule has 1 atom stereocenters. The first-order valence-electron chi connectivity index (χ1n) is 7.33. The normalized spacial score (nSPS) is 28.1. The van der Waals surface area contributed by atoms with Crippen molar-refractivity contribution in [2.75, 3.05) is 13.2 Å². The number of hydrogen-bond acceptors (Lipinski definition) is 2. The van der Waals surface area contributed by atoms with Crippen LogP contribution in [0.15, 0.2) is 0 Å². The molecule has 0 aromatic carbocycles. The molecule has 1 unspecified atom stereocenters. The minimum atomic E-state index is 0.297. The molecule has 1 rings (SSSR count). The van der Waals surface area contributed by atoms with Gasteiger partial charge in [-0.05, 0) is 42.9 Å². The van der Waals surface area contributed by atoms with Crippen LogP contribution in [0.5, 0.6) is 0 Å². The minimum Gasteiger partial charge on any atom is -0.396 e. The van der Waals surface area contributed by atoms with E-state index in [0.29, 0.717) is 24.0 Å². The summed E-state index contributed by atoms with van der Waals surface area (Å²) in [7, 11) is 0. The predicted octanol–water partition coefficient (Wildman–Crippen LogP) is 3.20. The largest absolute Gasteiger partial charge is 0.396 e. The molecule has 1 aliphatic carbocycles. The van der Waals surface area contributed by atoms with E-state index in [1.807, 2.05) is 0 Å². The van der Waals surface area contributed by atoms with E-state index in [-0.39, 0.29) is 0 Å². The van der Waals surface area contributed by atoms with Gasteiger partial charge in [-0.2, -0.15) is 0 Å². The van der Waals surface area contributed by atoms with Crippen molar-refractivity contribution >= 4 is 0 Å². The lowest BCUT2D eigenvalue weighted by Gasteiger charge is -2.39. The highest BCUT2D eigenvalue weighted by molar-refractivity contribution is 4.85. The highest BCUT2D eigenvalue weighted by Gasteiger charge is 2.31. The summed E-state index contributed by atoms with van der Waals surface area (Å²) < 4.78 is 0. The van der Waals surface area contributed by atoms with Crippen LogP contribution in [0.4, 0.5) is 0 Å². The third-order valence-corrected chi connectivity index (χ3v) is 4.81. The lowest BCUT2D eigenvalue weighted by atomic mass is 9.69. The van der Waals surface area contributed by atoms with Gasteiger partial charge in [0.15, 0.2) is 0 Å². The minimum absolute atomic E-state index is 0.297. The fourth-order valence-corrected chi connectivity index (χ4v) is 2.80. The summed E-state index contributed by atoms with van der Waals surface area (Å²) >= 11 is 0. The van der Waals surface area contributed by atoms with Crippen molar-refractivity contribution in [3.05, 3.63) is 0 Å². The zero-order valence-corrected chi connectivity index (χ0v) is 12.1. The van der Waals surface area contributed by atoms with Gasteiger partial charge in [-0.1, -0.05) is 34.1 Å². The van der Waals surface area contributed by atoms with Gasteiger partial charge >= 0.3 is 0 Å². The lowest BCUT2D eigenvalue weighted by molar-refractivity contribution is 0.134. The van der Waals surface area contributed by atoms with E-state index in [9.17, 15) is 0 Å². The maximum absolute atomic E-state index is 9.00. The molecule has 1 saturated carbocycles. The van der Waals surface area contributed by atoms with Crippen molar-refractivity contribution in [1.29, 1.82) is 0 Å². The van der Waals surface area contributed by atoms with Gasteiger partial charge in [0.25, 0.3) is 0 Å². The summed E-state index contributed by atoms with van der Waals surface area (Å²) in [4.78, 5) is 0. The molecule has 2 heteroatoms. The average Bonchev–Trinajstić information content (AvgIpc) is 2.36. The average molecular weight is 241 g/mol. The Morgan fingerprint density at radius 3 is 2.29 bits per heavy atom. The van der Waals surface area contributed by atoms with Crippen LogP contribution in [0.25, 0.3) is 0 Å². The standard InChI is InChI=1S/C15H31NO/c1-5-15(3,4)13-6-8-14(9-7-13)16-10-12(2)11-17/h12-14,16-17H,5-11H2,1-4H3. The van der Waals surface area contributed by atoms with Gasteiger partial charge in [0.1, 0.15) is 0 Å². The van der Waals surface area contributed by atoms with E-state index in [0.717, 1.165) is 12.5 Å². The molecule has 0 spiro atoms. The van der Waals surface area contributed by atoms with Crippen molar-refractivity contribution in [2.24, 2.45) is 17.3 Å². The Kier molecular flexibility index (Phi) is 5.94. The molecule has 0 amide bonds. The molecule has 1 aliphatic rings. The molecule has 2 nitrogen and oxygen atoms in total. The molecule has 0 aliphatic heterocycles. The smallest absolute Gasteiger partial charge is 0.0468 e. The Bertz CT molecular complexity index is 207. The van der Waals surface area contributed by atoms with E-state index >= 15 is 0 Å². The Morgan fingerprint density at radius 2 is 1.82 bits per heavy atom. The molecular formula is C15H31NO. The van der Waals surface area contributed by atoms with Crippen LogP contribution in [0.3, 0.4) is 0 Å². The molecule has 1 fully saturated rings. The molecular weight excluding hydrogens is 210 g/mol. The number of nitrogens with one attached hydrogen (secondary N) is 1. The summed E-state index contributed by atoms with van der Waals surface area (Å²) in [6, 6.07) is 0.688. The highest BCUT2D eigenvalue weighted by Crippen LogP contribution is 2.40. The van der Waals surface area contributed by atoms with E-state index in [1.165, 1.54) is 32.1 Å². The van der Waals surface area contributed by atoms with Crippen LogP contribution in [0, 0.1) is 17.3 Å². The first kappa shape index (κ1) is 15.0. The van der Waals surface area contributed by atoms with E-state index in [1.54, 1.807) is 0 Å². The summed E-state index contributed by atoms with van der Waals surface area (Å²) in [5.41, 5.74) is 0.517. The Balaban J connectivity index is 2.26. The first-order chi connectivity index (χ1) is 7.99.